The summed E-state index contributed by atoms with van der Waals surface area (Å²) in [5.41, 5.74) is 0.193. The summed E-state index contributed by atoms with van der Waals surface area (Å²) < 4.78 is 20.3. The molecule has 2 aromatic heterocycles. The van der Waals surface area contributed by atoms with Crippen LogP contribution >= 0.6 is 22.9 Å². The van der Waals surface area contributed by atoms with E-state index in [-0.39, 0.29) is 28.4 Å². The van der Waals surface area contributed by atoms with Crippen molar-refractivity contribution in [1.29, 1.82) is 0 Å². The molecule has 0 atom stereocenters. The Morgan fingerprint density at radius 2 is 2.00 bits per heavy atom. The smallest absolute Gasteiger partial charge is 0.350 e. The van der Waals surface area contributed by atoms with Crippen LogP contribution in [0.25, 0.3) is 22.2 Å². The summed E-state index contributed by atoms with van der Waals surface area (Å²) in [5, 5.41) is 5.03. The second-order valence-electron chi connectivity index (χ2n) is 6.67. The van der Waals surface area contributed by atoms with Gasteiger partial charge in [-0.2, -0.15) is 4.98 Å². The van der Waals surface area contributed by atoms with E-state index in [0.717, 1.165) is 15.9 Å². The van der Waals surface area contributed by atoms with Crippen molar-refractivity contribution in [2.24, 2.45) is 0 Å². The number of amides is 1. The van der Waals surface area contributed by atoms with Crippen LogP contribution in [0.4, 0.5) is 10.1 Å². The summed E-state index contributed by atoms with van der Waals surface area (Å²) in [4.78, 5) is 41.6. The van der Waals surface area contributed by atoms with Crippen LogP contribution < -0.4 is 11.0 Å². The van der Waals surface area contributed by atoms with Gasteiger partial charge in [0, 0.05) is 16.0 Å². The molecule has 162 valence electrons. The highest BCUT2D eigenvalue weighted by Crippen LogP contribution is 2.29. The zero-order valence-corrected chi connectivity index (χ0v) is 18.2. The third kappa shape index (κ3) is 4.12. The summed E-state index contributed by atoms with van der Waals surface area (Å²) in [6, 6.07) is 12.2. The number of halogens is 2. The van der Waals surface area contributed by atoms with E-state index < -0.39 is 23.4 Å². The van der Waals surface area contributed by atoms with Gasteiger partial charge in [-0.25, -0.2) is 14.0 Å². The van der Waals surface area contributed by atoms with Crippen molar-refractivity contribution in [2.45, 2.75) is 6.54 Å². The van der Waals surface area contributed by atoms with Gasteiger partial charge in [0.1, 0.15) is 17.2 Å². The van der Waals surface area contributed by atoms with Crippen LogP contribution in [0.2, 0.25) is 5.02 Å². The zero-order valence-electron chi connectivity index (χ0n) is 16.6. The third-order valence-corrected chi connectivity index (χ3v) is 5.81. The Labute approximate surface area is 190 Å². The van der Waals surface area contributed by atoms with Gasteiger partial charge in [0.25, 0.3) is 0 Å². The van der Waals surface area contributed by atoms with E-state index in [1.54, 1.807) is 35.7 Å². The first-order chi connectivity index (χ1) is 15.4. The molecule has 32 heavy (non-hydrogen) atoms. The Morgan fingerprint density at radius 3 is 2.75 bits per heavy atom. The molecule has 0 radical (unpaired) electrons. The monoisotopic (exact) mass is 471 g/mol. The number of rotatable bonds is 5. The van der Waals surface area contributed by atoms with Crippen molar-refractivity contribution >= 4 is 51.4 Å². The largest absolute Gasteiger partial charge is 0.465 e. The second kappa shape index (κ2) is 8.89. The molecule has 0 bridgehead atoms. The number of hydrogen-bond acceptors (Lipinski definition) is 6. The summed E-state index contributed by atoms with van der Waals surface area (Å²) in [7, 11) is 1.24. The molecule has 4 rings (SSSR count). The average Bonchev–Trinajstić information content (AvgIpc) is 3.23. The third-order valence-electron chi connectivity index (χ3n) is 4.68. The van der Waals surface area contributed by atoms with Crippen LogP contribution in [0.5, 0.6) is 0 Å². The van der Waals surface area contributed by atoms with Crippen molar-refractivity contribution in [3.05, 3.63) is 80.1 Å². The molecule has 0 saturated heterocycles. The molecule has 0 aliphatic rings. The highest BCUT2D eigenvalue weighted by molar-refractivity contribution is 7.12. The molecule has 0 spiro atoms. The number of carbonyl (C=O) groups is 2. The summed E-state index contributed by atoms with van der Waals surface area (Å²) in [5.74, 6) is -1.67. The van der Waals surface area contributed by atoms with Gasteiger partial charge in [-0.05, 0) is 41.8 Å². The molecule has 0 unspecified atom stereocenters. The molecule has 4 aromatic rings. The van der Waals surface area contributed by atoms with E-state index in [9.17, 15) is 18.8 Å². The molecule has 0 aliphatic carbocycles. The Balaban J connectivity index is 1.75. The van der Waals surface area contributed by atoms with Crippen LogP contribution in [0.3, 0.4) is 0 Å². The maximum Gasteiger partial charge on any atom is 0.350 e. The van der Waals surface area contributed by atoms with Crippen molar-refractivity contribution in [1.82, 2.24) is 9.55 Å². The van der Waals surface area contributed by atoms with Crippen molar-refractivity contribution < 1.29 is 18.7 Å². The predicted molar refractivity (Wildman–Crippen MR) is 121 cm³/mol. The van der Waals surface area contributed by atoms with Gasteiger partial charge in [0.2, 0.25) is 5.91 Å². The second-order valence-corrected chi connectivity index (χ2v) is 8.03. The first-order valence-electron chi connectivity index (χ1n) is 9.29. The van der Waals surface area contributed by atoms with E-state index >= 15 is 0 Å². The van der Waals surface area contributed by atoms with Crippen LogP contribution in [-0.2, 0) is 16.1 Å². The molecule has 2 heterocycles. The first kappa shape index (κ1) is 21.7. The molecule has 0 saturated carbocycles. The van der Waals surface area contributed by atoms with Gasteiger partial charge in [0.05, 0.1) is 24.0 Å². The Morgan fingerprint density at radius 1 is 1.22 bits per heavy atom. The number of carbonyl (C=O) groups excluding carboxylic acids is 2. The van der Waals surface area contributed by atoms with E-state index in [4.69, 9.17) is 16.3 Å². The number of nitrogens with one attached hydrogen (secondary N) is 1. The summed E-state index contributed by atoms with van der Waals surface area (Å²) in [6.45, 7) is -0.377. The van der Waals surface area contributed by atoms with Crippen molar-refractivity contribution in [3.8, 4) is 11.3 Å². The molecule has 10 heteroatoms. The minimum absolute atomic E-state index is 0.132. The fraction of sp³-hybridized carbons (Fsp3) is 0.0909. The first-order valence-corrected chi connectivity index (χ1v) is 10.6. The quantitative estimate of drug-likeness (QED) is 0.437. The summed E-state index contributed by atoms with van der Waals surface area (Å²) >= 11 is 7.26. The van der Waals surface area contributed by atoms with Gasteiger partial charge < -0.3 is 10.1 Å². The maximum atomic E-state index is 14.4. The minimum atomic E-state index is -0.730. The number of fused-ring (bicyclic) bond motifs is 1. The maximum absolute atomic E-state index is 14.4. The van der Waals surface area contributed by atoms with Crippen LogP contribution in [-0.4, -0.2) is 28.5 Å². The van der Waals surface area contributed by atoms with E-state index in [1.807, 2.05) is 0 Å². The lowest BCUT2D eigenvalue weighted by atomic mass is 10.1. The van der Waals surface area contributed by atoms with Gasteiger partial charge in [0.15, 0.2) is 0 Å². The Bertz CT molecular complexity index is 1420. The van der Waals surface area contributed by atoms with Gasteiger partial charge in [-0.1, -0.05) is 23.7 Å². The number of nitrogens with zero attached hydrogens (tertiary/aromatic N) is 2. The number of aromatic nitrogens is 2. The molecule has 1 N–H and O–H groups in total. The fourth-order valence-electron chi connectivity index (χ4n) is 3.26. The fourth-order valence-corrected chi connectivity index (χ4v) is 4.19. The Hall–Kier alpha value is -3.56. The highest BCUT2D eigenvalue weighted by Gasteiger charge is 2.19. The topological polar surface area (TPSA) is 90.3 Å². The van der Waals surface area contributed by atoms with Crippen molar-refractivity contribution in [2.75, 3.05) is 12.4 Å². The van der Waals surface area contributed by atoms with Gasteiger partial charge in [-0.15, -0.1) is 11.3 Å². The molecule has 2 aromatic carbocycles. The van der Waals surface area contributed by atoms with Crippen LogP contribution in [0.15, 0.2) is 58.7 Å². The lowest BCUT2D eigenvalue weighted by molar-refractivity contribution is -0.116. The number of hydrogen-bond donors (Lipinski definition) is 1. The van der Waals surface area contributed by atoms with E-state index in [2.05, 4.69) is 10.3 Å². The number of benzene rings is 2. The SMILES string of the molecule is COC(=O)c1sccc1NC(=O)Cn1c(=O)nc(-c2ccccc2F)c2cc(Cl)ccc21. The number of ether oxygens (including phenoxy) is 1. The summed E-state index contributed by atoms with van der Waals surface area (Å²) in [6.07, 6.45) is 0. The predicted octanol–water partition coefficient (Wildman–Crippen LogP) is 4.34. The molecule has 1 amide bonds. The van der Waals surface area contributed by atoms with Crippen molar-refractivity contribution in [3.63, 3.8) is 0 Å². The lowest BCUT2D eigenvalue weighted by Crippen LogP contribution is -2.30. The standard InChI is InChI=1S/C22H15ClFN3O4S/c1-31-21(29)20-16(8-9-32-20)25-18(28)11-27-17-7-6-12(23)10-14(17)19(26-22(27)30)13-4-2-3-5-15(13)24/h2-10H,11H2,1H3,(H,25,28). The van der Waals surface area contributed by atoms with Crippen LogP contribution in [0.1, 0.15) is 9.67 Å². The number of thiophene rings is 1. The normalized spacial score (nSPS) is 10.8. The number of anilines is 1. The minimum Gasteiger partial charge on any atom is -0.465 e. The molecule has 7 nitrogen and oxygen atoms in total. The Kier molecular flexibility index (Phi) is 6.02. The molecular weight excluding hydrogens is 457 g/mol. The van der Waals surface area contributed by atoms with E-state index in [1.165, 1.54) is 25.3 Å². The molecular formula is C22H15ClFN3O4S. The van der Waals surface area contributed by atoms with Crippen LogP contribution in [0, 0.1) is 5.82 Å². The number of esters is 1. The zero-order chi connectivity index (χ0) is 22.8. The lowest BCUT2D eigenvalue weighted by Gasteiger charge is -2.13. The van der Waals surface area contributed by atoms with Gasteiger partial charge >= 0.3 is 11.7 Å². The molecule has 0 fully saturated rings. The van der Waals surface area contributed by atoms with Gasteiger partial charge in [-0.3, -0.25) is 9.36 Å². The average molecular weight is 472 g/mol. The molecule has 0 aliphatic heterocycles. The van der Waals surface area contributed by atoms with E-state index in [0.29, 0.717) is 15.9 Å². The highest BCUT2D eigenvalue weighted by atomic mass is 35.5. The number of methoxy groups -OCH3 is 1.